The van der Waals surface area contributed by atoms with Gasteiger partial charge in [-0.3, -0.25) is 14.4 Å². The van der Waals surface area contributed by atoms with Crippen molar-refractivity contribution in [1.29, 1.82) is 0 Å². The largest absolute Gasteiger partial charge is 0.497 e. The zero-order valence-corrected chi connectivity index (χ0v) is 31.5. The predicted molar refractivity (Wildman–Crippen MR) is 204 cm³/mol. The van der Waals surface area contributed by atoms with Crippen molar-refractivity contribution in [3.05, 3.63) is 146 Å². The minimum absolute atomic E-state index is 0.0105. The summed E-state index contributed by atoms with van der Waals surface area (Å²) in [4.78, 5) is 39.1. The summed E-state index contributed by atoms with van der Waals surface area (Å²) in [5.41, 5.74) is 2.79. The molecular formula is C41H37Cl3O8. The quantitative estimate of drug-likeness (QED) is 0.103. The number of rotatable bonds is 14. The van der Waals surface area contributed by atoms with Crippen molar-refractivity contribution < 1.29 is 38.1 Å². The number of methoxy groups -OCH3 is 5. The highest BCUT2D eigenvalue weighted by atomic mass is 35.5. The molecule has 0 amide bonds. The van der Waals surface area contributed by atoms with Crippen LogP contribution in [0, 0.1) is 0 Å². The molecule has 8 nitrogen and oxygen atoms in total. The van der Waals surface area contributed by atoms with E-state index in [1.165, 1.54) is 21.3 Å². The molecule has 5 aromatic carbocycles. The summed E-state index contributed by atoms with van der Waals surface area (Å²) in [6, 6.07) is 29.1. The molecule has 52 heavy (non-hydrogen) atoms. The fraction of sp³-hybridized carbons (Fsp3) is 0.195. The van der Waals surface area contributed by atoms with Gasteiger partial charge in [0, 0.05) is 28.5 Å². The number of hydrogen-bond donors (Lipinski definition) is 0. The van der Waals surface area contributed by atoms with Crippen LogP contribution >= 0.6 is 34.8 Å². The van der Waals surface area contributed by atoms with Gasteiger partial charge in [0.2, 0.25) is 0 Å². The van der Waals surface area contributed by atoms with Crippen molar-refractivity contribution >= 4 is 52.2 Å². The van der Waals surface area contributed by atoms with E-state index in [4.69, 9.17) is 58.5 Å². The van der Waals surface area contributed by atoms with E-state index in [0.717, 1.165) is 11.3 Å². The summed E-state index contributed by atoms with van der Waals surface area (Å²) >= 11 is 18.2. The average molecular weight is 764 g/mol. The monoisotopic (exact) mass is 762 g/mol. The molecular weight excluding hydrogens is 727 g/mol. The van der Waals surface area contributed by atoms with E-state index in [0.29, 0.717) is 61.7 Å². The lowest BCUT2D eigenvalue weighted by atomic mass is 9.85. The topological polar surface area (TPSA) is 97.4 Å². The molecule has 0 radical (unpaired) electrons. The standard InChI is InChI=1S/C25H22Cl2O5.C16H15ClO3/c1-30-17-7-4-15(5-8-17)21(25(29)20-10-6-16(26)12-24(20)32-3)14-23(28)19-11-9-18(31-2)13-22(19)27;1-19-13-6-3-11(4-7-13)9-15(18)14-8-5-12(17)10-16(14)20-2/h4-13,21H,14H2,1-3H3;3-8,10H,9H2,1-2H3. The van der Waals surface area contributed by atoms with E-state index in [9.17, 15) is 14.4 Å². The van der Waals surface area contributed by atoms with Gasteiger partial charge in [0.25, 0.3) is 0 Å². The van der Waals surface area contributed by atoms with Crippen molar-refractivity contribution in [3.8, 4) is 28.7 Å². The highest BCUT2D eigenvalue weighted by molar-refractivity contribution is 6.34. The van der Waals surface area contributed by atoms with Crippen LogP contribution in [0.5, 0.6) is 28.7 Å². The Morgan fingerprint density at radius 3 is 1.52 bits per heavy atom. The molecule has 1 atom stereocenters. The number of carbonyl (C=O) groups excluding carboxylic acids is 3. The smallest absolute Gasteiger partial charge is 0.174 e. The lowest BCUT2D eigenvalue weighted by Crippen LogP contribution is -2.18. The molecule has 0 aromatic heterocycles. The number of benzene rings is 5. The Morgan fingerprint density at radius 2 is 1.00 bits per heavy atom. The van der Waals surface area contributed by atoms with Crippen molar-refractivity contribution in [3.63, 3.8) is 0 Å². The van der Waals surface area contributed by atoms with Crippen LogP contribution in [-0.2, 0) is 6.42 Å². The first-order valence-electron chi connectivity index (χ1n) is 15.9. The number of Topliss-reactive ketones (excluding diaryl/α,β-unsaturated/α-hetero) is 3. The Bertz CT molecular complexity index is 2010. The molecule has 0 N–H and O–H groups in total. The average Bonchev–Trinajstić information content (AvgIpc) is 3.16. The highest BCUT2D eigenvalue weighted by Gasteiger charge is 2.28. The fourth-order valence-corrected chi connectivity index (χ4v) is 5.92. The zero-order valence-electron chi connectivity index (χ0n) is 29.2. The molecule has 0 heterocycles. The van der Waals surface area contributed by atoms with Crippen LogP contribution in [0.25, 0.3) is 0 Å². The third-order valence-electron chi connectivity index (χ3n) is 8.12. The maximum atomic E-state index is 13.6. The van der Waals surface area contributed by atoms with Crippen LogP contribution < -0.4 is 23.7 Å². The number of carbonyl (C=O) groups is 3. The second-order valence-electron chi connectivity index (χ2n) is 11.3. The molecule has 5 rings (SSSR count). The van der Waals surface area contributed by atoms with E-state index in [-0.39, 0.29) is 28.8 Å². The van der Waals surface area contributed by atoms with Crippen LogP contribution in [0.3, 0.4) is 0 Å². The Morgan fingerprint density at radius 1 is 0.519 bits per heavy atom. The van der Waals surface area contributed by atoms with Crippen LogP contribution in [0.4, 0.5) is 0 Å². The van der Waals surface area contributed by atoms with Gasteiger partial charge in [-0.15, -0.1) is 0 Å². The minimum atomic E-state index is -0.762. The van der Waals surface area contributed by atoms with E-state index in [1.807, 2.05) is 24.3 Å². The lowest BCUT2D eigenvalue weighted by Gasteiger charge is -2.18. The van der Waals surface area contributed by atoms with E-state index >= 15 is 0 Å². The van der Waals surface area contributed by atoms with Crippen molar-refractivity contribution in [2.75, 3.05) is 35.5 Å². The Balaban J connectivity index is 0.000000259. The van der Waals surface area contributed by atoms with Gasteiger partial charge in [-0.25, -0.2) is 0 Å². The van der Waals surface area contributed by atoms with Gasteiger partial charge in [-0.2, -0.15) is 0 Å². The number of ether oxygens (including phenoxy) is 5. The molecule has 0 aliphatic carbocycles. The first kappa shape index (κ1) is 39.8. The molecule has 1 unspecified atom stereocenters. The van der Waals surface area contributed by atoms with E-state index in [2.05, 4.69) is 0 Å². The molecule has 5 aromatic rings. The molecule has 270 valence electrons. The number of hydrogen-bond acceptors (Lipinski definition) is 8. The fourth-order valence-electron chi connectivity index (χ4n) is 5.32. The van der Waals surface area contributed by atoms with Crippen molar-refractivity contribution in [1.82, 2.24) is 0 Å². The Hall–Kier alpha value is -5.02. The van der Waals surface area contributed by atoms with Crippen LogP contribution in [0.1, 0.15) is 54.5 Å². The summed E-state index contributed by atoms with van der Waals surface area (Å²) in [6.45, 7) is 0. The van der Waals surface area contributed by atoms with Gasteiger partial charge in [0.15, 0.2) is 17.3 Å². The molecule has 0 fully saturated rings. The molecule has 0 saturated carbocycles. The summed E-state index contributed by atoms with van der Waals surface area (Å²) < 4.78 is 26.0. The van der Waals surface area contributed by atoms with Crippen LogP contribution in [-0.4, -0.2) is 52.9 Å². The second-order valence-corrected chi connectivity index (χ2v) is 12.6. The van der Waals surface area contributed by atoms with Gasteiger partial charge < -0.3 is 23.7 Å². The number of halogens is 3. The predicted octanol–water partition coefficient (Wildman–Crippen LogP) is 10.0. The molecule has 0 spiro atoms. The number of ketones is 3. The normalized spacial score (nSPS) is 11.0. The Labute approximate surface area is 318 Å². The second kappa shape index (κ2) is 19.0. The van der Waals surface area contributed by atoms with E-state index in [1.54, 1.807) is 93.1 Å². The maximum Gasteiger partial charge on any atom is 0.174 e. The third-order valence-corrected chi connectivity index (χ3v) is 8.90. The van der Waals surface area contributed by atoms with Gasteiger partial charge in [-0.05, 0) is 90.0 Å². The third kappa shape index (κ3) is 10.3. The molecule has 11 heteroatoms. The molecule has 0 saturated heterocycles. The highest BCUT2D eigenvalue weighted by Crippen LogP contribution is 2.34. The van der Waals surface area contributed by atoms with Gasteiger partial charge in [-0.1, -0.05) is 59.1 Å². The van der Waals surface area contributed by atoms with Gasteiger partial charge >= 0.3 is 0 Å². The lowest BCUT2D eigenvalue weighted by molar-refractivity contribution is 0.0891. The van der Waals surface area contributed by atoms with Crippen LogP contribution in [0.15, 0.2) is 103 Å². The first-order chi connectivity index (χ1) is 25.0. The first-order valence-corrected chi connectivity index (χ1v) is 17.0. The summed E-state index contributed by atoms with van der Waals surface area (Å²) in [5, 5.41) is 1.25. The van der Waals surface area contributed by atoms with Crippen molar-refractivity contribution in [2.24, 2.45) is 0 Å². The molecule has 0 aliphatic heterocycles. The minimum Gasteiger partial charge on any atom is -0.497 e. The maximum absolute atomic E-state index is 13.6. The summed E-state index contributed by atoms with van der Waals surface area (Å²) in [5.74, 6) is 1.50. The summed E-state index contributed by atoms with van der Waals surface area (Å²) in [6.07, 6.45) is 0.227. The van der Waals surface area contributed by atoms with Gasteiger partial charge in [0.1, 0.15) is 28.7 Å². The summed E-state index contributed by atoms with van der Waals surface area (Å²) in [7, 11) is 7.68. The SMILES string of the molecule is COc1ccc(C(CC(=O)c2ccc(OC)cc2Cl)C(=O)c2ccc(Cl)cc2OC)cc1.COc1ccc(CC(=O)c2ccc(Cl)cc2OC)cc1. The Kier molecular flexibility index (Phi) is 14.5. The van der Waals surface area contributed by atoms with Crippen molar-refractivity contribution in [2.45, 2.75) is 18.8 Å². The van der Waals surface area contributed by atoms with E-state index < -0.39 is 5.92 Å². The van der Waals surface area contributed by atoms with Gasteiger partial charge in [0.05, 0.1) is 57.6 Å². The zero-order chi connectivity index (χ0) is 37.8. The van der Waals surface area contributed by atoms with Crippen LogP contribution in [0.2, 0.25) is 15.1 Å². The molecule has 0 bridgehead atoms. The molecule has 0 aliphatic rings.